The second kappa shape index (κ2) is 6.74. The van der Waals surface area contributed by atoms with Crippen LogP contribution in [0.5, 0.6) is 0 Å². The fraction of sp³-hybridized carbons (Fsp3) is 0.500. The minimum atomic E-state index is -3.52. The van der Waals surface area contributed by atoms with Gasteiger partial charge < -0.3 is 16.2 Å². The summed E-state index contributed by atoms with van der Waals surface area (Å²) in [5.74, 6) is 0.326. The number of hydrogen-bond acceptors (Lipinski definition) is 5. The zero-order chi connectivity index (χ0) is 14.5. The maximum Gasteiger partial charge on any atom is 0.242 e. The van der Waals surface area contributed by atoms with E-state index in [2.05, 4.69) is 10.0 Å². The fourth-order valence-electron chi connectivity index (χ4n) is 1.63. The number of nitrogens with two attached hydrogens (primary N) is 1. The lowest BCUT2D eigenvalue weighted by atomic mass is 10.1. The molecule has 0 fully saturated rings. The largest absolute Gasteiger partial charge is 0.398 e. The molecule has 1 rings (SSSR count). The van der Waals surface area contributed by atoms with Gasteiger partial charge in [0, 0.05) is 18.8 Å². The maximum absolute atomic E-state index is 11.6. The molecule has 1 atom stereocenters. The summed E-state index contributed by atoms with van der Waals surface area (Å²) >= 11 is 0. The van der Waals surface area contributed by atoms with Gasteiger partial charge >= 0.3 is 0 Å². The molecule has 0 saturated carbocycles. The summed E-state index contributed by atoms with van der Waals surface area (Å²) < 4.78 is 25.5. The molecule has 0 saturated heterocycles. The second-order valence-corrected chi connectivity index (χ2v) is 6.31. The van der Waals surface area contributed by atoms with E-state index in [1.807, 2.05) is 6.92 Å². The van der Waals surface area contributed by atoms with Crippen LogP contribution in [0.25, 0.3) is 0 Å². The topological polar surface area (TPSA) is 104 Å². The molecule has 0 radical (unpaired) electrons. The van der Waals surface area contributed by atoms with Gasteiger partial charge in [0.05, 0.1) is 5.69 Å². The lowest BCUT2D eigenvalue weighted by Gasteiger charge is -2.14. The van der Waals surface area contributed by atoms with Crippen LogP contribution in [0.15, 0.2) is 23.1 Å². The van der Waals surface area contributed by atoms with Crippen LogP contribution in [0.2, 0.25) is 0 Å². The van der Waals surface area contributed by atoms with E-state index in [0.29, 0.717) is 18.9 Å². The van der Waals surface area contributed by atoms with E-state index in [4.69, 9.17) is 10.8 Å². The molecule has 19 heavy (non-hydrogen) atoms. The predicted octanol–water partition coefficient (Wildman–Crippen LogP) is 0.607. The summed E-state index contributed by atoms with van der Waals surface area (Å²) in [4.78, 5) is 0.0731. The highest BCUT2D eigenvalue weighted by atomic mass is 32.2. The van der Waals surface area contributed by atoms with E-state index < -0.39 is 10.0 Å². The van der Waals surface area contributed by atoms with Crippen LogP contribution >= 0.6 is 0 Å². The number of nitrogens with one attached hydrogen (secondary N) is 2. The summed E-state index contributed by atoms with van der Waals surface area (Å²) in [6.07, 6.45) is 0.717. The van der Waals surface area contributed by atoms with Crippen molar-refractivity contribution in [2.75, 3.05) is 31.2 Å². The summed E-state index contributed by atoms with van der Waals surface area (Å²) in [5, 5.41) is 12.0. The number of sulfonamides is 1. The third-order valence-electron chi connectivity index (χ3n) is 2.84. The molecule has 1 unspecified atom stereocenters. The second-order valence-electron chi connectivity index (χ2n) is 4.46. The Kier molecular flexibility index (Phi) is 5.59. The van der Waals surface area contributed by atoms with E-state index in [1.54, 1.807) is 12.1 Å². The van der Waals surface area contributed by atoms with Gasteiger partial charge in [0.2, 0.25) is 10.0 Å². The molecule has 0 amide bonds. The molecule has 7 heteroatoms. The molecular weight excluding hydrogens is 266 g/mol. The van der Waals surface area contributed by atoms with Crippen molar-refractivity contribution in [2.45, 2.75) is 18.2 Å². The Bertz CT molecular complexity index is 517. The quantitative estimate of drug-likeness (QED) is 0.550. The van der Waals surface area contributed by atoms with Gasteiger partial charge in [-0.1, -0.05) is 6.92 Å². The predicted molar refractivity (Wildman–Crippen MR) is 76.5 cm³/mol. The molecule has 0 aliphatic heterocycles. The molecule has 0 aromatic heterocycles. The zero-order valence-electron chi connectivity index (χ0n) is 11.2. The Morgan fingerprint density at radius 3 is 2.63 bits per heavy atom. The third-order valence-corrected chi connectivity index (χ3v) is 4.33. The standard InChI is InChI=1S/C12H21N3O3S/c1-9(5-6-16)8-15-10-3-4-12(11(13)7-10)19(17,18)14-2/h3-4,7,9,14-16H,5-6,8,13H2,1-2H3. The first kappa shape index (κ1) is 15.7. The lowest BCUT2D eigenvalue weighted by molar-refractivity contribution is 0.266. The Labute approximate surface area is 114 Å². The summed E-state index contributed by atoms with van der Waals surface area (Å²) in [5.41, 5.74) is 6.71. The van der Waals surface area contributed by atoms with Crippen molar-refractivity contribution in [2.24, 2.45) is 5.92 Å². The van der Waals surface area contributed by atoms with Crippen LogP contribution in [0, 0.1) is 5.92 Å². The highest BCUT2D eigenvalue weighted by molar-refractivity contribution is 7.89. The van der Waals surface area contributed by atoms with Gasteiger partial charge in [-0.15, -0.1) is 0 Å². The number of hydrogen-bond donors (Lipinski definition) is 4. The van der Waals surface area contributed by atoms with Crippen molar-refractivity contribution >= 4 is 21.4 Å². The van der Waals surface area contributed by atoms with Crippen molar-refractivity contribution in [3.05, 3.63) is 18.2 Å². The number of aliphatic hydroxyl groups excluding tert-OH is 1. The number of nitrogen functional groups attached to an aromatic ring is 1. The summed E-state index contributed by atoms with van der Waals surface area (Å²) in [6, 6.07) is 4.74. The number of anilines is 2. The molecule has 0 aliphatic carbocycles. The molecule has 0 aliphatic rings. The summed E-state index contributed by atoms with van der Waals surface area (Å²) in [7, 11) is -2.18. The molecule has 5 N–H and O–H groups in total. The minimum Gasteiger partial charge on any atom is -0.398 e. The van der Waals surface area contributed by atoms with Gasteiger partial charge in [-0.05, 0) is 37.6 Å². The van der Waals surface area contributed by atoms with Crippen molar-refractivity contribution in [1.29, 1.82) is 0 Å². The van der Waals surface area contributed by atoms with Crippen molar-refractivity contribution in [1.82, 2.24) is 4.72 Å². The summed E-state index contributed by atoms with van der Waals surface area (Å²) in [6.45, 7) is 2.87. The Morgan fingerprint density at radius 1 is 1.42 bits per heavy atom. The number of rotatable bonds is 7. The first-order chi connectivity index (χ1) is 8.90. The molecule has 1 aromatic carbocycles. The fourth-order valence-corrected chi connectivity index (χ4v) is 2.46. The van der Waals surface area contributed by atoms with Gasteiger partial charge in [0.15, 0.2) is 0 Å². The van der Waals surface area contributed by atoms with Crippen LogP contribution < -0.4 is 15.8 Å². The van der Waals surface area contributed by atoms with E-state index in [0.717, 1.165) is 5.69 Å². The maximum atomic E-state index is 11.6. The monoisotopic (exact) mass is 287 g/mol. The van der Waals surface area contributed by atoms with Gasteiger partial charge in [-0.3, -0.25) is 0 Å². The SMILES string of the molecule is CNS(=O)(=O)c1ccc(NCC(C)CCO)cc1N. The lowest BCUT2D eigenvalue weighted by Crippen LogP contribution is -2.20. The molecule has 0 spiro atoms. The van der Waals surface area contributed by atoms with Crippen LogP contribution in [-0.2, 0) is 10.0 Å². The highest BCUT2D eigenvalue weighted by Gasteiger charge is 2.15. The molecular formula is C12H21N3O3S. The average Bonchev–Trinajstić information content (AvgIpc) is 2.36. The van der Waals surface area contributed by atoms with Crippen molar-refractivity contribution in [3.8, 4) is 0 Å². The third kappa shape index (κ3) is 4.38. The molecule has 1 aromatic rings. The first-order valence-corrected chi connectivity index (χ1v) is 7.57. The van der Waals surface area contributed by atoms with Crippen LogP contribution in [0.1, 0.15) is 13.3 Å². The van der Waals surface area contributed by atoms with Gasteiger partial charge in [0.25, 0.3) is 0 Å². The zero-order valence-corrected chi connectivity index (χ0v) is 12.0. The Balaban J connectivity index is 2.78. The van der Waals surface area contributed by atoms with Crippen LogP contribution in [-0.4, -0.2) is 33.7 Å². The molecule has 108 valence electrons. The Hall–Kier alpha value is -1.31. The first-order valence-electron chi connectivity index (χ1n) is 6.08. The van der Waals surface area contributed by atoms with E-state index in [1.165, 1.54) is 13.1 Å². The van der Waals surface area contributed by atoms with E-state index >= 15 is 0 Å². The van der Waals surface area contributed by atoms with Crippen molar-refractivity contribution < 1.29 is 13.5 Å². The minimum absolute atomic E-state index is 0.0731. The normalized spacial score (nSPS) is 13.2. The van der Waals surface area contributed by atoms with Crippen LogP contribution in [0.3, 0.4) is 0 Å². The van der Waals surface area contributed by atoms with Gasteiger partial charge in [-0.2, -0.15) is 0 Å². The van der Waals surface area contributed by atoms with Gasteiger partial charge in [0.1, 0.15) is 4.90 Å². The van der Waals surface area contributed by atoms with Crippen molar-refractivity contribution in [3.63, 3.8) is 0 Å². The number of benzene rings is 1. The smallest absolute Gasteiger partial charge is 0.242 e. The molecule has 0 bridgehead atoms. The van der Waals surface area contributed by atoms with E-state index in [-0.39, 0.29) is 17.2 Å². The molecule has 0 heterocycles. The highest BCUT2D eigenvalue weighted by Crippen LogP contribution is 2.22. The van der Waals surface area contributed by atoms with E-state index in [9.17, 15) is 8.42 Å². The van der Waals surface area contributed by atoms with Gasteiger partial charge in [-0.25, -0.2) is 13.1 Å². The Morgan fingerprint density at radius 2 is 2.11 bits per heavy atom. The molecule has 6 nitrogen and oxygen atoms in total. The van der Waals surface area contributed by atoms with Crippen LogP contribution in [0.4, 0.5) is 11.4 Å². The number of aliphatic hydroxyl groups is 1. The average molecular weight is 287 g/mol.